The standard InChI is InChI=1S/C17H26N4O/c1-3-4-5-10-22-17-8-6-16(7-9-17)11-19-15(2)12-21-14-18-13-20-21/h6-9,13-15,19H,3-5,10-12H2,1-2H3. The second-order valence-corrected chi connectivity index (χ2v) is 5.60. The van der Waals surface area contributed by atoms with Gasteiger partial charge in [-0.05, 0) is 31.0 Å². The average molecular weight is 302 g/mol. The molecule has 1 N–H and O–H groups in total. The number of unbranched alkanes of at least 4 members (excludes halogenated alkanes) is 2. The van der Waals surface area contributed by atoms with Gasteiger partial charge in [0, 0.05) is 12.6 Å². The second-order valence-electron chi connectivity index (χ2n) is 5.60. The molecule has 5 heteroatoms. The Bertz CT molecular complexity index is 510. The predicted molar refractivity (Wildman–Crippen MR) is 87.8 cm³/mol. The van der Waals surface area contributed by atoms with Crippen molar-refractivity contribution >= 4 is 0 Å². The molecule has 2 rings (SSSR count). The average Bonchev–Trinajstić information content (AvgIpc) is 3.03. The number of nitrogens with one attached hydrogen (secondary N) is 1. The fourth-order valence-corrected chi connectivity index (χ4v) is 2.21. The van der Waals surface area contributed by atoms with Crippen LogP contribution in [0.5, 0.6) is 5.75 Å². The molecule has 0 aliphatic heterocycles. The number of rotatable bonds is 10. The molecule has 0 amide bonds. The molecule has 0 saturated carbocycles. The van der Waals surface area contributed by atoms with Crippen molar-refractivity contribution in [2.24, 2.45) is 0 Å². The van der Waals surface area contributed by atoms with Crippen molar-refractivity contribution < 1.29 is 4.74 Å². The normalized spacial score (nSPS) is 12.3. The van der Waals surface area contributed by atoms with Crippen LogP contribution in [0.4, 0.5) is 0 Å². The largest absolute Gasteiger partial charge is 0.494 e. The van der Waals surface area contributed by atoms with E-state index in [1.807, 2.05) is 16.8 Å². The molecule has 0 radical (unpaired) electrons. The van der Waals surface area contributed by atoms with Gasteiger partial charge in [0.1, 0.15) is 18.4 Å². The number of benzene rings is 1. The van der Waals surface area contributed by atoms with Crippen LogP contribution in [0, 0.1) is 0 Å². The second kappa shape index (κ2) is 9.20. The number of nitrogens with zero attached hydrogens (tertiary/aromatic N) is 3. The van der Waals surface area contributed by atoms with E-state index >= 15 is 0 Å². The topological polar surface area (TPSA) is 52.0 Å². The quantitative estimate of drug-likeness (QED) is 0.685. The predicted octanol–water partition coefficient (Wildman–Crippen LogP) is 3.03. The van der Waals surface area contributed by atoms with Crippen LogP contribution >= 0.6 is 0 Å². The maximum absolute atomic E-state index is 5.72. The summed E-state index contributed by atoms with van der Waals surface area (Å²) in [5, 5.41) is 7.60. The number of hydrogen-bond donors (Lipinski definition) is 1. The Balaban J connectivity index is 1.69. The van der Waals surface area contributed by atoms with Gasteiger partial charge in [-0.3, -0.25) is 4.68 Å². The van der Waals surface area contributed by atoms with Crippen LogP contribution in [-0.4, -0.2) is 27.4 Å². The van der Waals surface area contributed by atoms with E-state index in [0.29, 0.717) is 6.04 Å². The fraction of sp³-hybridized carbons (Fsp3) is 0.529. The van der Waals surface area contributed by atoms with E-state index in [9.17, 15) is 0 Å². The van der Waals surface area contributed by atoms with Crippen molar-refractivity contribution in [3.05, 3.63) is 42.5 Å². The first-order valence-electron chi connectivity index (χ1n) is 8.05. The van der Waals surface area contributed by atoms with E-state index in [1.54, 1.807) is 12.7 Å². The first kappa shape index (κ1) is 16.5. The van der Waals surface area contributed by atoms with Gasteiger partial charge in [0.05, 0.1) is 13.2 Å². The van der Waals surface area contributed by atoms with Gasteiger partial charge in [-0.1, -0.05) is 31.9 Å². The molecule has 0 spiro atoms. The van der Waals surface area contributed by atoms with Crippen LogP contribution in [0.15, 0.2) is 36.9 Å². The highest BCUT2D eigenvalue weighted by molar-refractivity contribution is 5.27. The first-order chi connectivity index (χ1) is 10.8. The molecule has 0 saturated heterocycles. The van der Waals surface area contributed by atoms with Gasteiger partial charge in [-0.15, -0.1) is 0 Å². The Labute approximate surface area is 132 Å². The zero-order valence-corrected chi connectivity index (χ0v) is 13.5. The van der Waals surface area contributed by atoms with E-state index in [-0.39, 0.29) is 0 Å². The number of ether oxygens (including phenoxy) is 1. The smallest absolute Gasteiger partial charge is 0.137 e. The number of aromatic nitrogens is 3. The van der Waals surface area contributed by atoms with Gasteiger partial charge in [-0.25, -0.2) is 4.98 Å². The lowest BCUT2D eigenvalue weighted by atomic mass is 10.2. The fourth-order valence-electron chi connectivity index (χ4n) is 2.21. The Morgan fingerprint density at radius 2 is 2.05 bits per heavy atom. The minimum atomic E-state index is 0.340. The summed E-state index contributed by atoms with van der Waals surface area (Å²) in [6.45, 7) is 6.81. The van der Waals surface area contributed by atoms with Crippen LogP contribution in [-0.2, 0) is 13.1 Å². The third-order valence-electron chi connectivity index (χ3n) is 3.52. The lowest BCUT2D eigenvalue weighted by Gasteiger charge is -2.14. The molecule has 5 nitrogen and oxygen atoms in total. The molecule has 0 aliphatic rings. The summed E-state index contributed by atoms with van der Waals surface area (Å²) in [4.78, 5) is 3.95. The third kappa shape index (κ3) is 5.85. The van der Waals surface area contributed by atoms with Crippen LogP contribution in [0.1, 0.15) is 38.7 Å². The monoisotopic (exact) mass is 302 g/mol. The Hall–Kier alpha value is -1.88. The van der Waals surface area contributed by atoms with Crippen LogP contribution < -0.4 is 10.1 Å². The molecule has 0 fully saturated rings. The van der Waals surface area contributed by atoms with Crippen molar-refractivity contribution in [3.63, 3.8) is 0 Å². The lowest BCUT2D eigenvalue weighted by Crippen LogP contribution is -2.30. The highest BCUT2D eigenvalue weighted by atomic mass is 16.5. The molecule has 0 bridgehead atoms. The maximum atomic E-state index is 5.72. The summed E-state index contributed by atoms with van der Waals surface area (Å²) in [6, 6.07) is 8.66. The summed E-state index contributed by atoms with van der Waals surface area (Å²) in [7, 11) is 0. The molecule has 1 aromatic heterocycles. The minimum Gasteiger partial charge on any atom is -0.494 e. The molecule has 22 heavy (non-hydrogen) atoms. The highest BCUT2D eigenvalue weighted by Gasteiger charge is 2.03. The summed E-state index contributed by atoms with van der Waals surface area (Å²) < 4.78 is 7.56. The molecule has 120 valence electrons. The van der Waals surface area contributed by atoms with Crippen molar-refractivity contribution in [3.8, 4) is 5.75 Å². The Kier molecular flexibility index (Phi) is 6.90. The Morgan fingerprint density at radius 3 is 2.73 bits per heavy atom. The van der Waals surface area contributed by atoms with Crippen molar-refractivity contribution in [1.29, 1.82) is 0 Å². The van der Waals surface area contributed by atoms with Crippen molar-refractivity contribution in [2.75, 3.05) is 6.61 Å². The SMILES string of the molecule is CCCCCOc1ccc(CNC(C)Cn2cncn2)cc1. The van der Waals surface area contributed by atoms with Gasteiger partial charge in [0.15, 0.2) is 0 Å². The summed E-state index contributed by atoms with van der Waals surface area (Å²) in [6.07, 6.45) is 6.88. The van der Waals surface area contributed by atoms with Crippen LogP contribution in [0.2, 0.25) is 0 Å². The zero-order chi connectivity index (χ0) is 15.6. The minimum absolute atomic E-state index is 0.340. The van der Waals surface area contributed by atoms with Crippen LogP contribution in [0.3, 0.4) is 0 Å². The molecule has 1 aromatic carbocycles. The molecule has 0 aliphatic carbocycles. The third-order valence-corrected chi connectivity index (χ3v) is 3.52. The molecule has 2 aromatic rings. The van der Waals surface area contributed by atoms with Gasteiger partial charge in [0.2, 0.25) is 0 Å². The van der Waals surface area contributed by atoms with E-state index in [1.165, 1.54) is 18.4 Å². The molecule has 1 unspecified atom stereocenters. The zero-order valence-electron chi connectivity index (χ0n) is 13.5. The van der Waals surface area contributed by atoms with Crippen molar-refractivity contribution in [1.82, 2.24) is 20.1 Å². The van der Waals surface area contributed by atoms with Crippen LogP contribution in [0.25, 0.3) is 0 Å². The van der Waals surface area contributed by atoms with Gasteiger partial charge < -0.3 is 10.1 Å². The molecular formula is C17H26N4O. The summed E-state index contributed by atoms with van der Waals surface area (Å²) in [5.74, 6) is 0.954. The van der Waals surface area contributed by atoms with E-state index in [0.717, 1.165) is 31.9 Å². The van der Waals surface area contributed by atoms with E-state index < -0.39 is 0 Å². The van der Waals surface area contributed by atoms with Gasteiger partial charge >= 0.3 is 0 Å². The lowest BCUT2D eigenvalue weighted by molar-refractivity contribution is 0.306. The van der Waals surface area contributed by atoms with Gasteiger partial charge in [-0.2, -0.15) is 5.10 Å². The Morgan fingerprint density at radius 1 is 1.23 bits per heavy atom. The van der Waals surface area contributed by atoms with E-state index in [2.05, 4.69) is 41.4 Å². The molecule has 1 heterocycles. The summed E-state index contributed by atoms with van der Waals surface area (Å²) >= 11 is 0. The summed E-state index contributed by atoms with van der Waals surface area (Å²) in [5.41, 5.74) is 1.26. The van der Waals surface area contributed by atoms with Gasteiger partial charge in [0.25, 0.3) is 0 Å². The molecule has 1 atom stereocenters. The first-order valence-corrected chi connectivity index (χ1v) is 8.05. The van der Waals surface area contributed by atoms with E-state index in [4.69, 9.17) is 4.74 Å². The maximum Gasteiger partial charge on any atom is 0.137 e. The highest BCUT2D eigenvalue weighted by Crippen LogP contribution is 2.13. The van der Waals surface area contributed by atoms with Crippen molar-refractivity contribution in [2.45, 2.75) is 52.2 Å². The molecular weight excluding hydrogens is 276 g/mol. The number of hydrogen-bond acceptors (Lipinski definition) is 4.